The molecule has 0 unspecified atom stereocenters. The van der Waals surface area contributed by atoms with E-state index in [1.54, 1.807) is 25.1 Å². The molecule has 0 spiro atoms. The number of amides is 1. The lowest BCUT2D eigenvalue weighted by molar-refractivity contribution is -0.119. The Morgan fingerprint density at radius 1 is 1.00 bits per heavy atom. The Hall–Kier alpha value is -2.39. The minimum Gasteiger partial charge on any atom is -0.271 e. The molecule has 0 saturated carbocycles. The molecule has 0 saturated heterocycles. The fraction of sp³-hybridized carbons (Fsp3) is 0.0909. The zero-order chi connectivity index (χ0) is 23.3. The van der Waals surface area contributed by atoms with E-state index in [1.807, 2.05) is 24.3 Å². The van der Waals surface area contributed by atoms with Crippen LogP contribution in [0, 0.1) is 0 Å². The molecule has 0 aromatic heterocycles. The molecule has 0 heterocycles. The molecule has 6 nitrogen and oxygen atoms in total. The van der Waals surface area contributed by atoms with Gasteiger partial charge in [0, 0.05) is 14.5 Å². The Kier molecular flexibility index (Phi) is 7.95. The van der Waals surface area contributed by atoms with Crippen LogP contribution in [0.1, 0.15) is 12.5 Å². The van der Waals surface area contributed by atoms with E-state index in [0.717, 1.165) is 14.3 Å². The Labute approximate surface area is 205 Å². The van der Waals surface area contributed by atoms with Crippen molar-refractivity contribution in [1.82, 2.24) is 5.43 Å². The summed E-state index contributed by atoms with van der Waals surface area (Å²) in [5, 5.41) is 4.57. The molecule has 0 bridgehead atoms. The van der Waals surface area contributed by atoms with Crippen LogP contribution in [-0.2, 0) is 14.8 Å². The predicted octanol–water partition coefficient (Wildman–Crippen LogP) is 5.49. The Morgan fingerprint density at radius 3 is 2.19 bits per heavy atom. The van der Waals surface area contributed by atoms with Gasteiger partial charge in [-0.15, -0.1) is 0 Å². The van der Waals surface area contributed by atoms with Crippen molar-refractivity contribution in [2.24, 2.45) is 5.10 Å². The Bertz CT molecular complexity index is 1230. The standard InChI is InChI=1S/C22H18BrCl2N3O3S/c1-15(16-7-9-17(23)10-8-16)26-27-22(29)14-28(20-12-18(24)11-19(25)13-20)32(30,31)21-5-3-2-4-6-21/h2-13H,14H2,1H3,(H,27,29)/b26-15-. The maximum Gasteiger partial charge on any atom is 0.264 e. The van der Waals surface area contributed by atoms with Crippen LogP contribution in [0.3, 0.4) is 0 Å². The van der Waals surface area contributed by atoms with E-state index in [9.17, 15) is 13.2 Å². The lowest BCUT2D eigenvalue weighted by atomic mass is 10.1. The predicted molar refractivity (Wildman–Crippen MR) is 132 cm³/mol. The number of anilines is 1. The zero-order valence-electron chi connectivity index (χ0n) is 16.8. The first-order valence-electron chi connectivity index (χ1n) is 9.30. The third kappa shape index (κ3) is 6.10. The van der Waals surface area contributed by atoms with Crippen LogP contribution in [0.2, 0.25) is 10.0 Å². The van der Waals surface area contributed by atoms with Crippen molar-refractivity contribution in [1.29, 1.82) is 0 Å². The maximum absolute atomic E-state index is 13.3. The second-order valence-corrected chi connectivity index (χ2v) is 10.3. The van der Waals surface area contributed by atoms with E-state index in [4.69, 9.17) is 23.2 Å². The molecule has 1 amide bonds. The Morgan fingerprint density at radius 2 is 1.59 bits per heavy atom. The Balaban J connectivity index is 1.89. The largest absolute Gasteiger partial charge is 0.271 e. The molecule has 3 aromatic carbocycles. The molecule has 166 valence electrons. The minimum absolute atomic E-state index is 0.0263. The number of carbonyl (C=O) groups excluding carboxylic acids is 1. The maximum atomic E-state index is 13.3. The summed E-state index contributed by atoms with van der Waals surface area (Å²) >= 11 is 15.5. The van der Waals surface area contributed by atoms with Crippen molar-refractivity contribution < 1.29 is 13.2 Å². The molecule has 3 rings (SSSR count). The van der Waals surface area contributed by atoms with E-state index >= 15 is 0 Å². The van der Waals surface area contributed by atoms with Gasteiger partial charge < -0.3 is 0 Å². The first kappa shape index (κ1) is 24.3. The molecule has 0 atom stereocenters. The summed E-state index contributed by atoms with van der Waals surface area (Å²) in [6.45, 7) is 1.21. The smallest absolute Gasteiger partial charge is 0.264 e. The van der Waals surface area contributed by atoms with Crippen LogP contribution in [0.25, 0.3) is 0 Å². The van der Waals surface area contributed by atoms with Crippen molar-refractivity contribution in [3.05, 3.63) is 92.9 Å². The number of sulfonamides is 1. The van der Waals surface area contributed by atoms with Crippen LogP contribution in [0.5, 0.6) is 0 Å². The van der Waals surface area contributed by atoms with Crippen LogP contribution in [0.15, 0.2) is 87.3 Å². The van der Waals surface area contributed by atoms with Gasteiger partial charge in [-0.25, -0.2) is 13.8 Å². The highest BCUT2D eigenvalue weighted by Gasteiger charge is 2.27. The third-order valence-corrected chi connectivity index (χ3v) is 7.12. The van der Waals surface area contributed by atoms with Gasteiger partial charge in [0.25, 0.3) is 15.9 Å². The van der Waals surface area contributed by atoms with Crippen molar-refractivity contribution >= 4 is 66.5 Å². The molecule has 10 heteroatoms. The summed E-state index contributed by atoms with van der Waals surface area (Å²) in [5.74, 6) is -0.628. The average Bonchev–Trinajstić information content (AvgIpc) is 2.76. The molecular weight excluding hydrogens is 537 g/mol. The highest BCUT2D eigenvalue weighted by molar-refractivity contribution is 9.10. The van der Waals surface area contributed by atoms with Gasteiger partial charge in [-0.3, -0.25) is 9.10 Å². The molecule has 3 aromatic rings. The number of carbonyl (C=O) groups is 1. The molecule has 0 aliphatic heterocycles. The van der Waals surface area contributed by atoms with E-state index in [0.29, 0.717) is 5.71 Å². The summed E-state index contributed by atoms with van der Waals surface area (Å²) in [7, 11) is -4.08. The highest BCUT2D eigenvalue weighted by Crippen LogP contribution is 2.29. The number of nitrogens with one attached hydrogen (secondary N) is 1. The number of benzene rings is 3. The van der Waals surface area contributed by atoms with E-state index in [2.05, 4.69) is 26.5 Å². The average molecular weight is 555 g/mol. The van der Waals surface area contributed by atoms with Gasteiger partial charge in [0.15, 0.2) is 0 Å². The quantitative estimate of drug-likeness (QED) is 0.310. The van der Waals surface area contributed by atoms with Crippen LogP contribution < -0.4 is 9.73 Å². The lowest BCUT2D eigenvalue weighted by Crippen LogP contribution is -2.39. The molecule has 0 fully saturated rings. The fourth-order valence-electron chi connectivity index (χ4n) is 2.79. The second kappa shape index (κ2) is 10.5. The van der Waals surface area contributed by atoms with E-state index in [1.165, 1.54) is 30.3 Å². The van der Waals surface area contributed by atoms with Crippen molar-refractivity contribution in [3.63, 3.8) is 0 Å². The van der Waals surface area contributed by atoms with Crippen molar-refractivity contribution in [3.8, 4) is 0 Å². The summed E-state index contributed by atoms with van der Waals surface area (Å²) in [4.78, 5) is 12.7. The number of hydrogen-bond donors (Lipinski definition) is 1. The van der Waals surface area contributed by atoms with E-state index < -0.39 is 22.5 Å². The molecule has 32 heavy (non-hydrogen) atoms. The van der Waals surface area contributed by atoms with Crippen LogP contribution in [-0.4, -0.2) is 26.6 Å². The van der Waals surface area contributed by atoms with Gasteiger partial charge in [0.1, 0.15) is 6.54 Å². The molecular formula is C22H18BrCl2N3O3S. The first-order chi connectivity index (χ1) is 15.2. The highest BCUT2D eigenvalue weighted by atomic mass is 79.9. The molecule has 0 aliphatic carbocycles. The summed E-state index contributed by atoms with van der Waals surface area (Å²) < 4.78 is 28.5. The van der Waals surface area contributed by atoms with Crippen molar-refractivity contribution in [2.45, 2.75) is 11.8 Å². The third-order valence-electron chi connectivity index (χ3n) is 4.36. The van der Waals surface area contributed by atoms with Crippen LogP contribution >= 0.6 is 39.1 Å². The molecule has 1 N–H and O–H groups in total. The normalized spacial score (nSPS) is 11.8. The fourth-order valence-corrected chi connectivity index (χ4v) is 4.99. The summed E-state index contributed by atoms with van der Waals surface area (Å²) in [6.07, 6.45) is 0. The topological polar surface area (TPSA) is 78.8 Å². The second-order valence-electron chi connectivity index (χ2n) is 6.69. The number of halogens is 3. The summed E-state index contributed by atoms with van der Waals surface area (Å²) in [5.41, 5.74) is 3.95. The molecule has 0 radical (unpaired) electrons. The number of nitrogens with zero attached hydrogens (tertiary/aromatic N) is 2. The zero-order valence-corrected chi connectivity index (χ0v) is 20.7. The van der Waals surface area contributed by atoms with Crippen molar-refractivity contribution in [2.75, 3.05) is 10.8 Å². The number of hydrazone groups is 1. The minimum atomic E-state index is -4.08. The monoisotopic (exact) mass is 553 g/mol. The van der Waals surface area contributed by atoms with Gasteiger partial charge in [-0.05, 0) is 55.0 Å². The van der Waals surface area contributed by atoms with Crippen LogP contribution in [0.4, 0.5) is 5.69 Å². The first-order valence-corrected chi connectivity index (χ1v) is 12.3. The van der Waals surface area contributed by atoms with Gasteiger partial charge in [-0.2, -0.15) is 5.10 Å². The van der Waals surface area contributed by atoms with E-state index in [-0.39, 0.29) is 20.6 Å². The number of hydrogen-bond acceptors (Lipinski definition) is 4. The number of rotatable bonds is 7. The summed E-state index contributed by atoms with van der Waals surface area (Å²) in [6, 6.07) is 19.5. The SMILES string of the molecule is C/C(=N/NC(=O)CN(c1cc(Cl)cc(Cl)c1)S(=O)(=O)c1ccccc1)c1ccc(Br)cc1. The van der Waals surface area contributed by atoms with Gasteiger partial charge in [0.05, 0.1) is 16.3 Å². The van der Waals surface area contributed by atoms with Gasteiger partial charge >= 0.3 is 0 Å². The van der Waals surface area contributed by atoms with Gasteiger partial charge in [0.2, 0.25) is 0 Å². The molecule has 0 aliphatic rings. The lowest BCUT2D eigenvalue weighted by Gasteiger charge is -2.24. The van der Waals surface area contributed by atoms with Gasteiger partial charge in [-0.1, -0.05) is 69.5 Å².